The van der Waals surface area contributed by atoms with Crippen LogP contribution in [0.3, 0.4) is 0 Å². The first kappa shape index (κ1) is 19.3. The molecule has 1 N–H and O–H groups in total. The molecule has 7 heteroatoms. The number of anilines is 1. The fourth-order valence-electron chi connectivity index (χ4n) is 2.76. The van der Waals surface area contributed by atoms with E-state index in [1.165, 1.54) is 18.2 Å². The van der Waals surface area contributed by atoms with Crippen molar-refractivity contribution in [3.05, 3.63) is 78.0 Å². The molecule has 0 saturated heterocycles. The first-order valence-corrected chi connectivity index (χ1v) is 8.64. The summed E-state index contributed by atoms with van der Waals surface area (Å²) in [6, 6.07) is 14.4. The molecule has 3 rings (SSSR count). The highest BCUT2D eigenvalue weighted by atomic mass is 19.1. The zero-order valence-electron chi connectivity index (χ0n) is 15.6. The van der Waals surface area contributed by atoms with E-state index < -0.39 is 5.82 Å². The van der Waals surface area contributed by atoms with Crippen LogP contribution in [0.25, 0.3) is 0 Å². The van der Waals surface area contributed by atoms with Gasteiger partial charge < -0.3 is 24.1 Å². The van der Waals surface area contributed by atoms with Crippen LogP contribution < -0.4 is 14.8 Å². The number of rotatable bonds is 7. The molecule has 1 aromatic heterocycles. The van der Waals surface area contributed by atoms with Gasteiger partial charge in [-0.05, 0) is 48.0 Å². The van der Waals surface area contributed by atoms with Crippen LogP contribution in [0.2, 0.25) is 0 Å². The van der Waals surface area contributed by atoms with Gasteiger partial charge >= 0.3 is 6.03 Å². The number of halogens is 1. The topological polar surface area (TPSA) is 63.9 Å². The Morgan fingerprint density at radius 2 is 1.86 bits per heavy atom. The highest BCUT2D eigenvalue weighted by Crippen LogP contribution is 2.28. The van der Waals surface area contributed by atoms with Crippen LogP contribution in [0.4, 0.5) is 14.9 Å². The lowest BCUT2D eigenvalue weighted by Gasteiger charge is -2.23. The van der Waals surface area contributed by atoms with Gasteiger partial charge in [-0.1, -0.05) is 12.1 Å². The van der Waals surface area contributed by atoms with E-state index in [2.05, 4.69) is 5.32 Å². The van der Waals surface area contributed by atoms with Gasteiger partial charge in [-0.25, -0.2) is 9.18 Å². The molecule has 0 radical (unpaired) electrons. The smallest absolute Gasteiger partial charge is 0.322 e. The van der Waals surface area contributed by atoms with Crippen molar-refractivity contribution in [2.75, 3.05) is 19.5 Å². The third-order valence-electron chi connectivity index (χ3n) is 4.11. The average Bonchev–Trinajstić information content (AvgIpc) is 3.20. The second-order valence-corrected chi connectivity index (χ2v) is 6.07. The van der Waals surface area contributed by atoms with Gasteiger partial charge in [0.15, 0.2) is 11.5 Å². The Morgan fingerprint density at radius 3 is 2.54 bits per heavy atom. The number of carbonyl (C=O) groups excluding carboxylic acids is 1. The first-order chi connectivity index (χ1) is 13.6. The maximum Gasteiger partial charge on any atom is 0.322 e. The van der Waals surface area contributed by atoms with E-state index in [0.29, 0.717) is 29.5 Å². The van der Waals surface area contributed by atoms with Gasteiger partial charge in [0.05, 0.1) is 27.0 Å². The monoisotopic (exact) mass is 384 g/mol. The number of amides is 2. The minimum absolute atomic E-state index is 0.252. The predicted molar refractivity (Wildman–Crippen MR) is 103 cm³/mol. The lowest BCUT2D eigenvalue weighted by atomic mass is 10.2. The van der Waals surface area contributed by atoms with Crippen LogP contribution >= 0.6 is 0 Å². The Labute approximate surface area is 162 Å². The lowest BCUT2D eigenvalue weighted by Crippen LogP contribution is -2.34. The summed E-state index contributed by atoms with van der Waals surface area (Å²) in [6.45, 7) is 0.546. The van der Waals surface area contributed by atoms with Gasteiger partial charge in [0.2, 0.25) is 0 Å². The summed E-state index contributed by atoms with van der Waals surface area (Å²) in [5.74, 6) is 1.39. The molecule has 0 fully saturated rings. The number of methoxy groups -OCH3 is 2. The Kier molecular flexibility index (Phi) is 6.16. The zero-order chi connectivity index (χ0) is 19.9. The normalized spacial score (nSPS) is 10.4. The molecule has 0 aliphatic carbocycles. The molecular formula is C21H21FN2O4. The number of urea groups is 1. The summed E-state index contributed by atoms with van der Waals surface area (Å²) < 4.78 is 29.4. The molecule has 0 unspecified atom stereocenters. The first-order valence-electron chi connectivity index (χ1n) is 8.64. The van der Waals surface area contributed by atoms with Gasteiger partial charge in [-0.2, -0.15) is 0 Å². The van der Waals surface area contributed by atoms with Crippen LogP contribution in [-0.4, -0.2) is 25.2 Å². The van der Waals surface area contributed by atoms with E-state index in [0.717, 1.165) is 5.56 Å². The van der Waals surface area contributed by atoms with Gasteiger partial charge in [-0.3, -0.25) is 0 Å². The van der Waals surface area contributed by atoms with Gasteiger partial charge in [-0.15, -0.1) is 0 Å². The maximum absolute atomic E-state index is 13.4. The van der Waals surface area contributed by atoms with E-state index in [4.69, 9.17) is 13.9 Å². The van der Waals surface area contributed by atoms with Crippen LogP contribution in [0.15, 0.2) is 65.3 Å². The summed E-state index contributed by atoms with van der Waals surface area (Å²) >= 11 is 0. The van der Waals surface area contributed by atoms with Gasteiger partial charge in [0.1, 0.15) is 11.6 Å². The fraction of sp³-hybridized carbons (Fsp3) is 0.190. The number of ether oxygens (including phenoxy) is 2. The molecule has 0 aliphatic rings. The molecular weight excluding hydrogens is 363 g/mol. The molecule has 6 nitrogen and oxygen atoms in total. The summed E-state index contributed by atoms with van der Waals surface area (Å²) in [5.41, 5.74) is 1.22. The second kappa shape index (κ2) is 8.94. The molecule has 28 heavy (non-hydrogen) atoms. The van der Waals surface area contributed by atoms with Gasteiger partial charge in [0.25, 0.3) is 0 Å². The van der Waals surface area contributed by atoms with Gasteiger partial charge in [0, 0.05) is 12.2 Å². The van der Waals surface area contributed by atoms with Crippen molar-refractivity contribution in [2.45, 2.75) is 13.1 Å². The highest BCUT2D eigenvalue weighted by molar-refractivity contribution is 5.89. The third-order valence-corrected chi connectivity index (χ3v) is 4.11. The SMILES string of the molecule is COc1ccc(CN(Cc2ccco2)C(=O)Nc2cccc(F)c2)cc1OC. The number of furan rings is 1. The molecule has 3 aromatic rings. The summed E-state index contributed by atoms with van der Waals surface area (Å²) in [4.78, 5) is 14.4. The number of hydrogen-bond donors (Lipinski definition) is 1. The quantitative estimate of drug-likeness (QED) is 0.643. The lowest BCUT2D eigenvalue weighted by molar-refractivity contribution is 0.201. The highest BCUT2D eigenvalue weighted by Gasteiger charge is 2.17. The Morgan fingerprint density at radius 1 is 1.04 bits per heavy atom. The summed E-state index contributed by atoms with van der Waals surface area (Å²) in [5, 5.41) is 2.72. The van der Waals surface area contributed by atoms with Crippen molar-refractivity contribution >= 4 is 11.7 Å². The number of nitrogens with zero attached hydrogens (tertiary/aromatic N) is 1. The second-order valence-electron chi connectivity index (χ2n) is 6.07. The van der Waals surface area contributed by atoms with Crippen molar-refractivity contribution < 1.29 is 23.1 Å². The van der Waals surface area contributed by atoms with Crippen molar-refractivity contribution in [3.63, 3.8) is 0 Å². The number of nitrogens with one attached hydrogen (secondary N) is 1. The van der Waals surface area contributed by atoms with Crippen molar-refractivity contribution in [1.29, 1.82) is 0 Å². The largest absolute Gasteiger partial charge is 0.493 e. The van der Waals surface area contributed by atoms with Crippen LogP contribution in [0.5, 0.6) is 11.5 Å². The molecule has 2 amide bonds. The number of benzene rings is 2. The Balaban J connectivity index is 1.81. The maximum atomic E-state index is 13.4. The van der Waals surface area contributed by atoms with E-state index in [1.807, 2.05) is 12.1 Å². The van der Waals surface area contributed by atoms with E-state index >= 15 is 0 Å². The standard InChI is InChI=1S/C21H21FN2O4/c1-26-19-9-8-15(11-20(19)27-2)13-24(14-18-7-4-10-28-18)21(25)23-17-6-3-5-16(22)12-17/h3-12H,13-14H2,1-2H3,(H,23,25). The molecule has 2 aromatic carbocycles. The van der Waals surface area contributed by atoms with Crippen LogP contribution in [0, 0.1) is 5.82 Å². The molecule has 0 atom stereocenters. The molecule has 0 bridgehead atoms. The molecule has 0 aliphatic heterocycles. The van der Waals surface area contributed by atoms with Crippen LogP contribution in [-0.2, 0) is 13.1 Å². The van der Waals surface area contributed by atoms with Crippen molar-refractivity contribution in [3.8, 4) is 11.5 Å². The molecule has 1 heterocycles. The number of carbonyl (C=O) groups is 1. The number of hydrogen-bond acceptors (Lipinski definition) is 4. The molecule has 146 valence electrons. The third kappa shape index (κ3) is 4.82. The molecule has 0 spiro atoms. The van der Waals surface area contributed by atoms with E-state index in [-0.39, 0.29) is 12.6 Å². The van der Waals surface area contributed by atoms with Crippen molar-refractivity contribution in [2.24, 2.45) is 0 Å². The van der Waals surface area contributed by atoms with Crippen molar-refractivity contribution in [1.82, 2.24) is 4.90 Å². The summed E-state index contributed by atoms with van der Waals surface area (Å²) in [7, 11) is 3.12. The van der Waals surface area contributed by atoms with E-state index in [1.54, 1.807) is 49.6 Å². The fourth-order valence-corrected chi connectivity index (χ4v) is 2.76. The Hall–Kier alpha value is -3.48. The minimum Gasteiger partial charge on any atom is -0.493 e. The average molecular weight is 384 g/mol. The Bertz CT molecular complexity index is 928. The van der Waals surface area contributed by atoms with Crippen LogP contribution in [0.1, 0.15) is 11.3 Å². The minimum atomic E-state index is -0.421. The summed E-state index contributed by atoms with van der Waals surface area (Å²) in [6.07, 6.45) is 1.55. The van der Waals surface area contributed by atoms with E-state index in [9.17, 15) is 9.18 Å². The zero-order valence-corrected chi connectivity index (χ0v) is 15.6. The predicted octanol–water partition coefficient (Wildman–Crippen LogP) is 4.67. The molecule has 0 saturated carbocycles.